The molecule has 1 heterocycles. The lowest BCUT2D eigenvalue weighted by atomic mass is 9.91. The van der Waals surface area contributed by atoms with Crippen LogP contribution in [0, 0.1) is 5.41 Å². The third-order valence-electron chi connectivity index (χ3n) is 4.05. The molecular weight excluding hydrogens is 310 g/mol. The molecule has 0 aliphatic rings. The maximum absolute atomic E-state index is 12.5. The van der Waals surface area contributed by atoms with Crippen LogP contribution in [0.15, 0.2) is 54.6 Å². The third-order valence-corrected chi connectivity index (χ3v) is 4.05. The molecule has 3 rings (SSSR count). The van der Waals surface area contributed by atoms with Crippen LogP contribution in [0.5, 0.6) is 0 Å². The van der Waals surface area contributed by atoms with Gasteiger partial charge in [-0.1, -0.05) is 63.2 Å². The van der Waals surface area contributed by atoms with Crippen molar-refractivity contribution in [2.24, 2.45) is 5.41 Å². The van der Waals surface area contributed by atoms with E-state index < -0.39 is 0 Å². The lowest BCUT2D eigenvalue weighted by Gasteiger charge is -2.21. The summed E-state index contributed by atoms with van der Waals surface area (Å²) in [5, 5.41) is 3.17. The number of amides is 1. The fourth-order valence-corrected chi connectivity index (χ4v) is 2.93. The molecule has 0 aliphatic carbocycles. The van der Waals surface area contributed by atoms with Crippen molar-refractivity contribution < 1.29 is 4.79 Å². The van der Waals surface area contributed by atoms with Crippen LogP contribution in [0.2, 0.25) is 0 Å². The number of aromatic nitrogens is 2. The fourth-order valence-electron chi connectivity index (χ4n) is 2.93. The number of fused-ring (bicyclic) bond motifs is 1. The summed E-state index contributed by atoms with van der Waals surface area (Å²) in [5.74, 6) is 0.848. The van der Waals surface area contributed by atoms with Crippen LogP contribution >= 0.6 is 0 Å². The number of benzene rings is 2. The lowest BCUT2D eigenvalue weighted by Crippen LogP contribution is -2.33. The summed E-state index contributed by atoms with van der Waals surface area (Å²) in [7, 11) is 0. The zero-order chi connectivity index (χ0) is 17.9. The van der Waals surface area contributed by atoms with Crippen molar-refractivity contribution >= 4 is 16.9 Å². The zero-order valence-corrected chi connectivity index (χ0v) is 15.0. The molecule has 0 aliphatic heterocycles. The molecule has 0 bridgehead atoms. The van der Waals surface area contributed by atoms with Crippen molar-refractivity contribution in [3.05, 3.63) is 66.0 Å². The smallest absolute Gasteiger partial charge is 0.221 e. The maximum atomic E-state index is 12.5. The summed E-state index contributed by atoms with van der Waals surface area (Å²) in [6.07, 6.45) is 1.19. The SMILES string of the molecule is CC(C)(C)CC(=O)NC(Cc1ccccc1)c1nc2ccccc2[nH]1. The van der Waals surface area contributed by atoms with E-state index in [-0.39, 0.29) is 17.4 Å². The molecule has 3 aromatic rings. The van der Waals surface area contributed by atoms with Gasteiger partial charge in [0.2, 0.25) is 5.91 Å². The van der Waals surface area contributed by atoms with Crippen LogP contribution in [0.1, 0.15) is 44.6 Å². The molecule has 1 aromatic heterocycles. The lowest BCUT2D eigenvalue weighted by molar-refractivity contribution is -0.123. The van der Waals surface area contributed by atoms with Gasteiger partial charge in [0.25, 0.3) is 0 Å². The quantitative estimate of drug-likeness (QED) is 0.726. The largest absolute Gasteiger partial charge is 0.346 e. The second-order valence-corrected chi connectivity index (χ2v) is 7.69. The van der Waals surface area contributed by atoms with Gasteiger partial charge in [-0.3, -0.25) is 4.79 Å². The number of aromatic amines is 1. The fraction of sp³-hybridized carbons (Fsp3) is 0.333. The van der Waals surface area contributed by atoms with Gasteiger partial charge in [0, 0.05) is 6.42 Å². The minimum Gasteiger partial charge on any atom is -0.346 e. The first-order chi connectivity index (χ1) is 11.9. The minimum absolute atomic E-state index is 0.0464. The molecule has 0 fully saturated rings. The molecule has 2 N–H and O–H groups in total. The Labute approximate surface area is 148 Å². The molecule has 4 nitrogen and oxygen atoms in total. The Morgan fingerprint density at radius 2 is 1.76 bits per heavy atom. The highest BCUT2D eigenvalue weighted by molar-refractivity contribution is 5.78. The Kier molecular flexibility index (Phi) is 4.88. The number of H-pyrrole nitrogens is 1. The second-order valence-electron chi connectivity index (χ2n) is 7.69. The second kappa shape index (κ2) is 7.09. The van der Waals surface area contributed by atoms with E-state index in [1.54, 1.807) is 0 Å². The van der Waals surface area contributed by atoms with E-state index in [0.717, 1.165) is 16.9 Å². The van der Waals surface area contributed by atoms with E-state index in [1.165, 1.54) is 5.56 Å². The molecule has 0 radical (unpaired) electrons. The van der Waals surface area contributed by atoms with Crippen LogP contribution in [0.25, 0.3) is 11.0 Å². The van der Waals surface area contributed by atoms with Crippen molar-refractivity contribution in [2.75, 3.05) is 0 Å². The molecule has 0 saturated heterocycles. The first kappa shape index (κ1) is 17.2. The molecule has 1 unspecified atom stereocenters. The molecule has 4 heteroatoms. The Bertz CT molecular complexity index is 813. The minimum atomic E-state index is -0.176. The van der Waals surface area contributed by atoms with Crippen molar-refractivity contribution in [2.45, 2.75) is 39.7 Å². The van der Waals surface area contributed by atoms with Crippen LogP contribution in [0.4, 0.5) is 0 Å². The van der Waals surface area contributed by atoms with E-state index >= 15 is 0 Å². The van der Waals surface area contributed by atoms with E-state index in [2.05, 4.69) is 48.2 Å². The monoisotopic (exact) mass is 335 g/mol. The molecule has 1 amide bonds. The van der Waals surface area contributed by atoms with Crippen molar-refractivity contribution in [3.63, 3.8) is 0 Å². The van der Waals surface area contributed by atoms with Gasteiger partial charge in [0.05, 0.1) is 17.1 Å². The highest BCUT2D eigenvalue weighted by Gasteiger charge is 2.22. The summed E-state index contributed by atoms with van der Waals surface area (Å²) < 4.78 is 0. The van der Waals surface area contributed by atoms with Gasteiger partial charge in [-0.25, -0.2) is 4.98 Å². The number of nitrogens with zero attached hydrogens (tertiary/aromatic N) is 1. The molecule has 25 heavy (non-hydrogen) atoms. The van der Waals surface area contributed by atoms with Crippen molar-refractivity contribution in [1.29, 1.82) is 0 Å². The number of carbonyl (C=O) groups excluding carboxylic acids is 1. The number of imidazole rings is 1. The van der Waals surface area contributed by atoms with Crippen LogP contribution in [-0.2, 0) is 11.2 Å². The highest BCUT2D eigenvalue weighted by Crippen LogP contribution is 2.22. The Hall–Kier alpha value is -2.62. The summed E-state index contributed by atoms with van der Waals surface area (Å²) in [4.78, 5) is 20.5. The summed E-state index contributed by atoms with van der Waals surface area (Å²) >= 11 is 0. The standard InChI is InChI=1S/C21H25N3O/c1-21(2,3)14-19(25)22-18(13-15-9-5-4-6-10-15)20-23-16-11-7-8-12-17(16)24-20/h4-12,18H,13-14H2,1-3H3,(H,22,25)(H,23,24). The molecule has 1 atom stereocenters. The van der Waals surface area contributed by atoms with Gasteiger partial charge in [0.1, 0.15) is 5.82 Å². The number of nitrogens with one attached hydrogen (secondary N) is 2. The van der Waals surface area contributed by atoms with E-state index in [9.17, 15) is 4.79 Å². The van der Waals surface area contributed by atoms with Crippen LogP contribution < -0.4 is 5.32 Å². The van der Waals surface area contributed by atoms with Crippen molar-refractivity contribution in [3.8, 4) is 0 Å². The van der Waals surface area contributed by atoms with Crippen LogP contribution in [0.3, 0.4) is 0 Å². The number of hydrogen-bond donors (Lipinski definition) is 2. The Morgan fingerprint density at radius 1 is 1.08 bits per heavy atom. The van der Waals surface area contributed by atoms with E-state index in [1.807, 2.05) is 42.5 Å². The van der Waals surface area contributed by atoms with E-state index in [0.29, 0.717) is 12.8 Å². The molecule has 2 aromatic carbocycles. The average molecular weight is 335 g/mol. The number of hydrogen-bond acceptors (Lipinski definition) is 2. The number of carbonyl (C=O) groups is 1. The topological polar surface area (TPSA) is 57.8 Å². The van der Waals surface area contributed by atoms with Gasteiger partial charge >= 0.3 is 0 Å². The van der Waals surface area contributed by atoms with E-state index in [4.69, 9.17) is 0 Å². The predicted molar refractivity (Wildman–Crippen MR) is 101 cm³/mol. The molecule has 0 spiro atoms. The Balaban J connectivity index is 1.86. The number of para-hydroxylation sites is 2. The molecule has 0 saturated carbocycles. The van der Waals surface area contributed by atoms with Crippen LogP contribution in [-0.4, -0.2) is 15.9 Å². The highest BCUT2D eigenvalue weighted by atomic mass is 16.1. The zero-order valence-electron chi connectivity index (χ0n) is 15.0. The van der Waals surface area contributed by atoms with Gasteiger partial charge in [0.15, 0.2) is 0 Å². The van der Waals surface area contributed by atoms with Gasteiger partial charge in [-0.15, -0.1) is 0 Å². The summed E-state index contributed by atoms with van der Waals surface area (Å²) in [6.45, 7) is 6.21. The molecule has 130 valence electrons. The summed E-state index contributed by atoms with van der Waals surface area (Å²) in [5.41, 5.74) is 3.03. The average Bonchev–Trinajstić information content (AvgIpc) is 2.97. The Morgan fingerprint density at radius 3 is 2.44 bits per heavy atom. The van der Waals surface area contributed by atoms with Gasteiger partial charge in [-0.2, -0.15) is 0 Å². The predicted octanol–water partition coefficient (Wildman–Crippen LogP) is 4.40. The van der Waals surface area contributed by atoms with Crippen molar-refractivity contribution in [1.82, 2.24) is 15.3 Å². The molecular formula is C21H25N3O. The first-order valence-electron chi connectivity index (χ1n) is 8.69. The maximum Gasteiger partial charge on any atom is 0.221 e. The van der Waals surface area contributed by atoms with Gasteiger partial charge < -0.3 is 10.3 Å². The third kappa shape index (κ3) is 4.69. The normalized spacial score (nSPS) is 12.9. The first-order valence-corrected chi connectivity index (χ1v) is 8.69. The number of rotatable bonds is 5. The van der Waals surface area contributed by atoms with Gasteiger partial charge in [-0.05, 0) is 29.5 Å². The summed E-state index contributed by atoms with van der Waals surface area (Å²) in [6, 6.07) is 17.9.